The van der Waals surface area contributed by atoms with Crippen LogP contribution >= 0.6 is 35.6 Å². The topological polar surface area (TPSA) is 56.7 Å². The van der Waals surface area contributed by atoms with Crippen molar-refractivity contribution in [3.63, 3.8) is 0 Å². The van der Waals surface area contributed by atoms with Crippen LogP contribution in [-0.4, -0.2) is 43.4 Å². The summed E-state index contributed by atoms with van der Waals surface area (Å²) in [5.41, 5.74) is 3.87. The summed E-state index contributed by atoms with van der Waals surface area (Å²) >= 11 is 5.91. The molecule has 0 saturated carbocycles. The summed E-state index contributed by atoms with van der Waals surface area (Å²) in [4.78, 5) is 18.7. The van der Waals surface area contributed by atoms with E-state index in [1.54, 1.807) is 7.05 Å². The maximum Gasteiger partial charge on any atom is 0.222 e. The molecule has 162 valence electrons. The van der Waals surface area contributed by atoms with E-state index >= 15 is 0 Å². The number of benzene rings is 2. The van der Waals surface area contributed by atoms with Crippen LogP contribution in [0.3, 0.4) is 0 Å². The maximum atomic E-state index is 12.5. The van der Waals surface area contributed by atoms with Gasteiger partial charge in [-0.05, 0) is 48.1 Å². The van der Waals surface area contributed by atoms with Gasteiger partial charge in [-0.15, -0.1) is 24.0 Å². The molecular formula is C23H30ClIN4O. The fourth-order valence-corrected chi connectivity index (χ4v) is 3.64. The van der Waals surface area contributed by atoms with E-state index in [-0.39, 0.29) is 29.9 Å². The summed E-state index contributed by atoms with van der Waals surface area (Å²) in [5.74, 6) is 0.991. The molecule has 7 heteroatoms. The number of amides is 1. The first-order valence-corrected chi connectivity index (χ1v) is 10.6. The van der Waals surface area contributed by atoms with Gasteiger partial charge in [0.15, 0.2) is 5.96 Å². The number of hydrogen-bond donors (Lipinski definition) is 2. The molecule has 0 atom stereocenters. The Balaban J connectivity index is 0.00000320. The molecule has 0 spiro atoms. The van der Waals surface area contributed by atoms with Gasteiger partial charge in [0.05, 0.1) is 0 Å². The molecule has 0 saturated heterocycles. The highest BCUT2D eigenvalue weighted by atomic mass is 127. The summed E-state index contributed by atoms with van der Waals surface area (Å²) in [6.07, 6.45) is 3.18. The predicted octanol–water partition coefficient (Wildman–Crippen LogP) is 4.03. The average molecular weight is 541 g/mol. The number of nitrogens with one attached hydrogen (secondary N) is 2. The molecule has 5 nitrogen and oxygen atoms in total. The summed E-state index contributed by atoms with van der Waals surface area (Å²) in [7, 11) is 1.76. The van der Waals surface area contributed by atoms with Crippen molar-refractivity contribution in [3.05, 3.63) is 70.2 Å². The number of carbonyl (C=O) groups excluding carboxylic acids is 1. The van der Waals surface area contributed by atoms with Gasteiger partial charge in [0.25, 0.3) is 0 Å². The summed E-state index contributed by atoms with van der Waals surface area (Å²) in [6, 6.07) is 16.3. The van der Waals surface area contributed by atoms with Gasteiger partial charge in [0.1, 0.15) is 0 Å². The van der Waals surface area contributed by atoms with Gasteiger partial charge >= 0.3 is 0 Å². The van der Waals surface area contributed by atoms with Gasteiger partial charge in [-0.25, -0.2) is 0 Å². The molecule has 0 fully saturated rings. The molecule has 1 heterocycles. The van der Waals surface area contributed by atoms with E-state index in [1.807, 2.05) is 35.2 Å². The first kappa shape index (κ1) is 24.5. The fraction of sp³-hybridized carbons (Fsp3) is 0.391. The van der Waals surface area contributed by atoms with Crippen molar-refractivity contribution >= 4 is 47.4 Å². The van der Waals surface area contributed by atoms with Crippen molar-refractivity contribution in [2.75, 3.05) is 26.7 Å². The molecule has 3 rings (SSSR count). The van der Waals surface area contributed by atoms with Crippen LogP contribution in [0.1, 0.15) is 29.5 Å². The second-order valence-corrected chi connectivity index (χ2v) is 7.68. The van der Waals surface area contributed by atoms with Gasteiger partial charge in [0.2, 0.25) is 5.91 Å². The fourth-order valence-electron chi connectivity index (χ4n) is 3.51. The number of nitrogens with zero attached hydrogens (tertiary/aromatic N) is 2. The lowest BCUT2D eigenvalue weighted by atomic mass is 9.99. The minimum Gasteiger partial charge on any atom is -0.356 e. The lowest BCUT2D eigenvalue weighted by molar-refractivity contribution is -0.132. The molecule has 1 amide bonds. The molecule has 2 N–H and O–H groups in total. The largest absolute Gasteiger partial charge is 0.356 e. The molecular weight excluding hydrogens is 511 g/mol. The summed E-state index contributed by atoms with van der Waals surface area (Å²) in [5, 5.41) is 7.34. The number of hydrogen-bond acceptors (Lipinski definition) is 2. The Hall–Kier alpha value is -1.80. The van der Waals surface area contributed by atoms with Gasteiger partial charge in [-0.1, -0.05) is 48.0 Å². The molecule has 0 bridgehead atoms. The molecule has 2 aromatic carbocycles. The highest BCUT2D eigenvalue weighted by molar-refractivity contribution is 14.0. The van der Waals surface area contributed by atoms with Crippen LogP contribution in [0.4, 0.5) is 0 Å². The lowest BCUT2D eigenvalue weighted by Gasteiger charge is -2.29. The van der Waals surface area contributed by atoms with E-state index in [0.717, 1.165) is 56.4 Å². The van der Waals surface area contributed by atoms with Crippen molar-refractivity contribution in [1.29, 1.82) is 0 Å². The van der Waals surface area contributed by atoms with Crippen molar-refractivity contribution in [2.24, 2.45) is 4.99 Å². The molecule has 0 aromatic heterocycles. The number of halogens is 2. The van der Waals surface area contributed by atoms with E-state index in [4.69, 9.17) is 11.6 Å². The molecule has 1 aliphatic heterocycles. The third-order valence-corrected chi connectivity index (χ3v) is 5.44. The van der Waals surface area contributed by atoms with Gasteiger partial charge in [0, 0.05) is 44.7 Å². The Morgan fingerprint density at radius 2 is 1.77 bits per heavy atom. The third kappa shape index (κ3) is 7.47. The zero-order valence-electron chi connectivity index (χ0n) is 17.4. The molecule has 2 aromatic rings. The van der Waals surface area contributed by atoms with Crippen LogP contribution in [0, 0.1) is 0 Å². The zero-order valence-corrected chi connectivity index (χ0v) is 20.5. The Kier molecular flexibility index (Phi) is 10.4. The van der Waals surface area contributed by atoms with E-state index in [0.29, 0.717) is 6.42 Å². The SMILES string of the molecule is CN=C(NCCCC(=O)N1CCc2ccccc2C1)NCCc1ccc(Cl)cc1.I. The minimum absolute atomic E-state index is 0. The summed E-state index contributed by atoms with van der Waals surface area (Å²) in [6.45, 7) is 3.05. The first-order chi connectivity index (χ1) is 14.2. The first-order valence-electron chi connectivity index (χ1n) is 10.2. The Morgan fingerprint density at radius 1 is 1.07 bits per heavy atom. The number of rotatable bonds is 7. The van der Waals surface area contributed by atoms with E-state index < -0.39 is 0 Å². The molecule has 1 aliphatic rings. The minimum atomic E-state index is 0. The quantitative estimate of drug-likeness (QED) is 0.241. The number of fused-ring (bicyclic) bond motifs is 1. The van der Waals surface area contributed by atoms with Gasteiger partial charge < -0.3 is 15.5 Å². The Bertz CT molecular complexity index is 841. The van der Waals surface area contributed by atoms with E-state index in [2.05, 4.69) is 33.8 Å². The highest BCUT2D eigenvalue weighted by Gasteiger charge is 2.19. The lowest BCUT2D eigenvalue weighted by Crippen LogP contribution is -2.39. The van der Waals surface area contributed by atoms with Crippen molar-refractivity contribution < 1.29 is 4.79 Å². The van der Waals surface area contributed by atoms with E-state index in [9.17, 15) is 4.79 Å². The van der Waals surface area contributed by atoms with Crippen LogP contribution in [0.15, 0.2) is 53.5 Å². The second kappa shape index (κ2) is 12.8. The van der Waals surface area contributed by atoms with Crippen LogP contribution in [0.25, 0.3) is 0 Å². The molecule has 0 unspecified atom stereocenters. The molecule has 0 radical (unpaired) electrons. The summed E-state index contributed by atoms with van der Waals surface area (Å²) < 4.78 is 0. The molecule has 0 aliphatic carbocycles. The van der Waals surface area contributed by atoms with Crippen LogP contribution in [0.5, 0.6) is 0 Å². The van der Waals surface area contributed by atoms with Crippen molar-refractivity contribution in [2.45, 2.75) is 32.2 Å². The normalized spacial score (nSPS) is 13.3. The average Bonchev–Trinajstić information content (AvgIpc) is 2.76. The Labute approximate surface area is 201 Å². The zero-order chi connectivity index (χ0) is 20.5. The molecule has 30 heavy (non-hydrogen) atoms. The van der Waals surface area contributed by atoms with Gasteiger partial charge in [-0.3, -0.25) is 9.79 Å². The predicted molar refractivity (Wildman–Crippen MR) is 135 cm³/mol. The standard InChI is InChI=1S/C23H29ClN4O.HI/c1-25-23(27-15-12-18-8-10-21(24)11-9-18)26-14-4-7-22(29)28-16-13-19-5-2-3-6-20(19)17-28;/h2-3,5-6,8-11H,4,7,12-17H2,1H3,(H2,25,26,27);1H. The van der Waals surface area contributed by atoms with Crippen LogP contribution in [0.2, 0.25) is 5.02 Å². The van der Waals surface area contributed by atoms with Gasteiger partial charge in [-0.2, -0.15) is 0 Å². The van der Waals surface area contributed by atoms with Crippen LogP contribution in [-0.2, 0) is 24.2 Å². The number of guanidine groups is 1. The smallest absolute Gasteiger partial charge is 0.222 e. The number of carbonyl (C=O) groups is 1. The van der Waals surface area contributed by atoms with Crippen molar-refractivity contribution in [1.82, 2.24) is 15.5 Å². The highest BCUT2D eigenvalue weighted by Crippen LogP contribution is 2.19. The third-order valence-electron chi connectivity index (χ3n) is 5.19. The van der Waals surface area contributed by atoms with Crippen LogP contribution < -0.4 is 10.6 Å². The second-order valence-electron chi connectivity index (χ2n) is 7.24. The van der Waals surface area contributed by atoms with Crippen molar-refractivity contribution in [3.8, 4) is 0 Å². The van der Waals surface area contributed by atoms with E-state index in [1.165, 1.54) is 16.7 Å². The number of aliphatic imine (C=N–C) groups is 1. The Morgan fingerprint density at radius 3 is 2.50 bits per heavy atom. The maximum absolute atomic E-state index is 12.5. The monoisotopic (exact) mass is 540 g/mol.